The number of hydrogen-bond donors (Lipinski definition) is 0. The molecule has 2 heterocycles. The van der Waals surface area contributed by atoms with Gasteiger partial charge in [-0.1, -0.05) is 115 Å². The fourth-order valence-corrected chi connectivity index (χ4v) is 9.44. The molecule has 6 atom stereocenters. The lowest BCUT2D eigenvalue weighted by atomic mass is 9.27. The molecule has 0 bridgehead atoms. The molecule has 6 unspecified atom stereocenters. The van der Waals surface area contributed by atoms with Crippen LogP contribution in [0.1, 0.15) is 70.1 Å². The second-order valence-corrected chi connectivity index (χ2v) is 15.4. The zero-order valence-electron chi connectivity index (χ0n) is 29.3. The maximum atomic E-state index is 2.73. The van der Waals surface area contributed by atoms with E-state index in [9.17, 15) is 0 Å². The van der Waals surface area contributed by atoms with Crippen molar-refractivity contribution in [3.05, 3.63) is 148 Å². The van der Waals surface area contributed by atoms with Crippen molar-refractivity contribution in [3.63, 3.8) is 0 Å². The summed E-state index contributed by atoms with van der Waals surface area (Å²) >= 11 is 0. The van der Waals surface area contributed by atoms with Crippen LogP contribution < -0.4 is 10.4 Å². The topological polar surface area (TPSA) is 6.48 Å². The fraction of sp³-hybridized carbons (Fsp3) is 0.364. The summed E-state index contributed by atoms with van der Waals surface area (Å²) < 4.78 is 0. The molecular formula is C44H49BN2. The largest absolute Gasteiger partial charge is 0.345 e. The first-order chi connectivity index (χ1) is 22.7. The highest BCUT2D eigenvalue weighted by Gasteiger charge is 2.51. The van der Waals surface area contributed by atoms with Gasteiger partial charge in [-0.3, -0.25) is 0 Å². The number of rotatable bonds is 3. The first-order valence-corrected chi connectivity index (χ1v) is 18.0. The summed E-state index contributed by atoms with van der Waals surface area (Å²) in [6, 6.07) is 14.5. The number of nitrogens with zero attached hydrogens (tertiary/aromatic N) is 2. The third-order valence-electron chi connectivity index (χ3n) is 12.1. The van der Waals surface area contributed by atoms with E-state index in [-0.39, 0.29) is 0 Å². The number of benzene rings is 2. The minimum absolute atomic E-state index is 0.333. The van der Waals surface area contributed by atoms with Crippen LogP contribution in [0.4, 0.5) is 11.4 Å². The van der Waals surface area contributed by atoms with E-state index in [1.165, 1.54) is 61.8 Å². The zero-order chi connectivity index (χ0) is 32.6. The maximum absolute atomic E-state index is 2.73. The minimum Gasteiger partial charge on any atom is -0.345 e. The Morgan fingerprint density at radius 1 is 0.766 bits per heavy atom. The van der Waals surface area contributed by atoms with Crippen LogP contribution >= 0.6 is 0 Å². The summed E-state index contributed by atoms with van der Waals surface area (Å²) in [6.07, 6.45) is 26.6. The van der Waals surface area contributed by atoms with Gasteiger partial charge in [0.25, 0.3) is 0 Å². The van der Waals surface area contributed by atoms with E-state index in [0.29, 0.717) is 42.1 Å². The Labute approximate surface area is 283 Å². The molecule has 4 aliphatic carbocycles. The van der Waals surface area contributed by atoms with Crippen LogP contribution in [0.5, 0.6) is 0 Å². The van der Waals surface area contributed by atoms with Crippen molar-refractivity contribution in [2.24, 2.45) is 23.7 Å². The molecule has 6 aliphatic rings. The van der Waals surface area contributed by atoms with Crippen molar-refractivity contribution in [2.45, 2.75) is 73.0 Å². The summed E-state index contributed by atoms with van der Waals surface area (Å²) in [5.74, 6) is 2.52. The predicted molar refractivity (Wildman–Crippen MR) is 201 cm³/mol. The first-order valence-electron chi connectivity index (χ1n) is 18.0. The third-order valence-corrected chi connectivity index (χ3v) is 12.1. The number of allylic oxidation sites excluding steroid dienone is 14. The van der Waals surface area contributed by atoms with E-state index in [2.05, 4.69) is 155 Å². The van der Waals surface area contributed by atoms with Crippen molar-refractivity contribution in [2.75, 3.05) is 11.4 Å². The number of aryl methyl sites for hydroxylation is 2. The molecule has 0 radical (unpaired) electrons. The van der Waals surface area contributed by atoms with Gasteiger partial charge in [-0.25, -0.2) is 0 Å². The van der Waals surface area contributed by atoms with Gasteiger partial charge in [0.1, 0.15) is 0 Å². The Morgan fingerprint density at radius 2 is 1.55 bits per heavy atom. The third kappa shape index (κ3) is 5.00. The summed E-state index contributed by atoms with van der Waals surface area (Å²) in [5.41, 5.74) is 17.2. The smallest absolute Gasteiger partial charge is 0.219 e. The van der Waals surface area contributed by atoms with Gasteiger partial charge >= 0.3 is 0 Å². The minimum atomic E-state index is 0.333. The quantitative estimate of drug-likeness (QED) is 0.317. The lowest BCUT2D eigenvalue weighted by Crippen LogP contribution is -2.52. The van der Waals surface area contributed by atoms with Crippen molar-refractivity contribution in [1.82, 2.24) is 4.90 Å². The summed E-state index contributed by atoms with van der Waals surface area (Å²) in [5, 5.41) is 0. The number of anilines is 2. The van der Waals surface area contributed by atoms with Crippen molar-refractivity contribution in [1.29, 1.82) is 0 Å². The summed E-state index contributed by atoms with van der Waals surface area (Å²) in [4.78, 5) is 5.41. The van der Waals surface area contributed by atoms with Crippen LogP contribution in [-0.4, -0.2) is 18.2 Å². The second-order valence-electron chi connectivity index (χ2n) is 15.4. The SMILES string of the molecule is CC1=CC(C)C(c2cc(C)ccc2N2C3=CC=CC4CN(C5=CC=C(C)CC5)C5=C(B(c6cc(C)ccc62)C34)C(C)C(C)C=C5)C=C1. The molecule has 2 aliphatic heterocycles. The summed E-state index contributed by atoms with van der Waals surface area (Å²) in [7, 11) is 0. The standard InChI is InChI=1S/C44H49BN2/c1-27-11-17-35(18-12-27)46-26-34-9-8-10-42-44(34)45(43-33(7)31(5)16-22-41(43)46)38-25-30(4)15-21-40(38)47(42)39-20-14-29(3)24-37(39)36-19-13-28(2)23-32(36)6/h8-11,13-17,19-25,31-34,36,44H,12,18,26H2,1-7H3. The van der Waals surface area contributed by atoms with E-state index < -0.39 is 0 Å². The lowest BCUT2D eigenvalue weighted by molar-refractivity contribution is 0.363. The number of hydrogen-bond acceptors (Lipinski definition) is 2. The Kier molecular flexibility index (Phi) is 7.51. The van der Waals surface area contributed by atoms with Gasteiger partial charge in [-0.2, -0.15) is 0 Å². The molecule has 0 aromatic heterocycles. The van der Waals surface area contributed by atoms with Crippen LogP contribution in [0.15, 0.2) is 131 Å². The van der Waals surface area contributed by atoms with Crippen LogP contribution in [0, 0.1) is 37.5 Å². The first kappa shape index (κ1) is 30.4. The predicted octanol–water partition coefficient (Wildman–Crippen LogP) is 10.4. The van der Waals surface area contributed by atoms with Crippen LogP contribution in [0.3, 0.4) is 0 Å². The highest BCUT2D eigenvalue weighted by molar-refractivity contribution is 6.84. The summed E-state index contributed by atoms with van der Waals surface area (Å²) in [6.45, 7) is 17.7. The van der Waals surface area contributed by atoms with Gasteiger partial charge in [0.15, 0.2) is 0 Å². The van der Waals surface area contributed by atoms with E-state index in [4.69, 9.17) is 0 Å². The van der Waals surface area contributed by atoms with Gasteiger partial charge in [0.2, 0.25) is 6.71 Å². The van der Waals surface area contributed by atoms with Gasteiger partial charge in [0.05, 0.1) is 0 Å². The molecule has 0 amide bonds. The van der Waals surface area contributed by atoms with Crippen LogP contribution in [0.25, 0.3) is 0 Å². The van der Waals surface area contributed by atoms with Gasteiger partial charge in [-0.15, -0.1) is 0 Å². The molecule has 8 rings (SSSR count). The average molecular weight is 617 g/mol. The number of fused-ring (bicyclic) bond motifs is 3. The molecule has 0 saturated carbocycles. The van der Waals surface area contributed by atoms with E-state index in [1.807, 2.05) is 0 Å². The average Bonchev–Trinajstić information content (AvgIpc) is 3.20. The molecule has 0 spiro atoms. The highest BCUT2D eigenvalue weighted by Crippen LogP contribution is 2.54. The normalized spacial score (nSPS) is 29.4. The van der Waals surface area contributed by atoms with Crippen LogP contribution in [-0.2, 0) is 0 Å². The second kappa shape index (κ2) is 11.6. The fourth-order valence-electron chi connectivity index (χ4n) is 9.44. The molecule has 2 aromatic rings. The molecule has 238 valence electrons. The van der Waals surface area contributed by atoms with E-state index >= 15 is 0 Å². The Hall–Kier alpha value is -3.98. The molecular weight excluding hydrogens is 567 g/mol. The maximum Gasteiger partial charge on any atom is 0.219 e. The lowest BCUT2D eigenvalue weighted by Gasteiger charge is -2.47. The molecule has 0 N–H and O–H groups in total. The van der Waals surface area contributed by atoms with Crippen LogP contribution in [0.2, 0.25) is 5.82 Å². The Balaban J connectivity index is 1.36. The molecule has 0 fully saturated rings. The molecule has 47 heavy (non-hydrogen) atoms. The van der Waals surface area contributed by atoms with Crippen molar-refractivity contribution in [3.8, 4) is 0 Å². The van der Waals surface area contributed by atoms with Gasteiger partial charge in [-0.05, 0) is 111 Å². The Morgan fingerprint density at radius 3 is 2.32 bits per heavy atom. The molecule has 2 aromatic carbocycles. The zero-order valence-corrected chi connectivity index (χ0v) is 29.3. The van der Waals surface area contributed by atoms with Crippen molar-refractivity contribution < 1.29 is 0 Å². The Bertz CT molecular complexity index is 1890. The van der Waals surface area contributed by atoms with Crippen molar-refractivity contribution >= 4 is 23.6 Å². The van der Waals surface area contributed by atoms with Gasteiger partial charge in [0, 0.05) is 40.9 Å². The molecule has 3 heteroatoms. The highest BCUT2D eigenvalue weighted by atomic mass is 15.2. The van der Waals surface area contributed by atoms with E-state index in [1.54, 1.807) is 5.47 Å². The van der Waals surface area contributed by atoms with Gasteiger partial charge < -0.3 is 9.80 Å². The van der Waals surface area contributed by atoms with E-state index in [0.717, 1.165) is 19.4 Å². The molecule has 0 saturated heterocycles. The molecule has 2 nitrogen and oxygen atoms in total. The monoisotopic (exact) mass is 616 g/mol.